The van der Waals surface area contributed by atoms with Gasteiger partial charge in [0, 0.05) is 50.8 Å². The van der Waals surface area contributed by atoms with Crippen LogP contribution in [0.2, 0.25) is 0 Å². The molecule has 0 aliphatic carbocycles. The molecular weight excluding hydrogens is 340 g/mol. The van der Waals surface area contributed by atoms with E-state index in [-0.39, 0.29) is 17.7 Å². The number of anilines is 1. The Labute approximate surface area is 161 Å². The van der Waals surface area contributed by atoms with Crippen LogP contribution in [-0.4, -0.2) is 55.1 Å². The SMILES string of the molecule is COc1cccc(-c2cnc(N(C)C)nc2C2CCN(C(=O)C(C)C)C2)c1. The molecule has 1 amide bonds. The van der Waals surface area contributed by atoms with Crippen molar-refractivity contribution in [3.05, 3.63) is 36.2 Å². The number of carbonyl (C=O) groups is 1. The van der Waals surface area contributed by atoms with Crippen molar-refractivity contribution in [2.24, 2.45) is 5.92 Å². The molecule has 0 radical (unpaired) electrons. The quantitative estimate of drug-likeness (QED) is 0.811. The van der Waals surface area contributed by atoms with Gasteiger partial charge in [0.05, 0.1) is 12.8 Å². The lowest BCUT2D eigenvalue weighted by molar-refractivity contribution is -0.133. The maximum atomic E-state index is 12.4. The Hall–Kier alpha value is -2.63. The number of rotatable bonds is 5. The van der Waals surface area contributed by atoms with Gasteiger partial charge in [-0.1, -0.05) is 26.0 Å². The Balaban J connectivity index is 1.99. The normalized spacial score (nSPS) is 16.7. The molecule has 0 saturated carbocycles. The predicted octanol–water partition coefficient (Wildman–Crippen LogP) is 3.19. The number of hydrogen-bond acceptors (Lipinski definition) is 5. The van der Waals surface area contributed by atoms with Crippen molar-refractivity contribution in [2.75, 3.05) is 39.2 Å². The van der Waals surface area contributed by atoms with E-state index in [2.05, 4.69) is 4.98 Å². The number of aromatic nitrogens is 2. The van der Waals surface area contributed by atoms with E-state index in [0.717, 1.165) is 35.5 Å². The number of hydrogen-bond donors (Lipinski definition) is 0. The summed E-state index contributed by atoms with van der Waals surface area (Å²) in [4.78, 5) is 25.7. The van der Waals surface area contributed by atoms with Crippen LogP contribution in [0.3, 0.4) is 0 Å². The molecule has 2 aromatic rings. The Morgan fingerprint density at radius 3 is 2.78 bits per heavy atom. The van der Waals surface area contributed by atoms with Crippen LogP contribution in [0, 0.1) is 5.92 Å². The Morgan fingerprint density at radius 2 is 2.11 bits per heavy atom. The van der Waals surface area contributed by atoms with Crippen molar-refractivity contribution in [1.82, 2.24) is 14.9 Å². The molecule has 1 aromatic carbocycles. The van der Waals surface area contributed by atoms with Gasteiger partial charge in [0.25, 0.3) is 0 Å². The second-order valence-corrected chi connectivity index (χ2v) is 7.52. The minimum Gasteiger partial charge on any atom is -0.497 e. The van der Waals surface area contributed by atoms with Crippen LogP contribution in [0.25, 0.3) is 11.1 Å². The Bertz CT molecular complexity index is 820. The van der Waals surface area contributed by atoms with Crippen LogP contribution in [-0.2, 0) is 4.79 Å². The highest BCUT2D eigenvalue weighted by molar-refractivity contribution is 5.78. The molecule has 144 valence electrons. The molecule has 1 saturated heterocycles. The van der Waals surface area contributed by atoms with E-state index in [9.17, 15) is 4.79 Å². The molecule has 6 heteroatoms. The molecule has 1 unspecified atom stereocenters. The summed E-state index contributed by atoms with van der Waals surface area (Å²) in [6.45, 7) is 5.39. The summed E-state index contributed by atoms with van der Waals surface area (Å²) in [5.41, 5.74) is 3.03. The van der Waals surface area contributed by atoms with Crippen LogP contribution in [0.1, 0.15) is 31.9 Å². The Morgan fingerprint density at radius 1 is 1.33 bits per heavy atom. The van der Waals surface area contributed by atoms with Gasteiger partial charge in [-0.3, -0.25) is 4.79 Å². The average molecular weight is 368 g/mol. The zero-order valence-corrected chi connectivity index (χ0v) is 16.8. The van der Waals surface area contributed by atoms with Crippen LogP contribution in [0.15, 0.2) is 30.5 Å². The largest absolute Gasteiger partial charge is 0.497 e. The molecule has 3 rings (SSSR count). The molecule has 2 heterocycles. The monoisotopic (exact) mass is 368 g/mol. The predicted molar refractivity (Wildman–Crippen MR) is 107 cm³/mol. The molecule has 6 nitrogen and oxygen atoms in total. The summed E-state index contributed by atoms with van der Waals surface area (Å²) >= 11 is 0. The molecular formula is C21H28N4O2. The summed E-state index contributed by atoms with van der Waals surface area (Å²) in [6.07, 6.45) is 2.80. The van der Waals surface area contributed by atoms with Crippen LogP contribution in [0.4, 0.5) is 5.95 Å². The number of ether oxygens (including phenoxy) is 1. The molecule has 1 aliphatic rings. The topological polar surface area (TPSA) is 58.6 Å². The van der Waals surface area contributed by atoms with Crippen molar-refractivity contribution in [3.8, 4) is 16.9 Å². The highest BCUT2D eigenvalue weighted by Crippen LogP contribution is 2.35. The molecule has 1 aliphatic heterocycles. The van der Waals surface area contributed by atoms with Gasteiger partial charge in [-0.15, -0.1) is 0 Å². The van der Waals surface area contributed by atoms with Gasteiger partial charge in [0.1, 0.15) is 5.75 Å². The lowest BCUT2D eigenvalue weighted by atomic mass is 9.95. The van der Waals surface area contributed by atoms with Crippen LogP contribution < -0.4 is 9.64 Å². The molecule has 0 spiro atoms. The molecule has 1 atom stereocenters. The van der Waals surface area contributed by atoms with Crippen molar-refractivity contribution in [3.63, 3.8) is 0 Å². The highest BCUT2D eigenvalue weighted by Gasteiger charge is 2.31. The summed E-state index contributed by atoms with van der Waals surface area (Å²) in [7, 11) is 5.54. The first-order valence-electron chi connectivity index (χ1n) is 9.38. The third-order valence-electron chi connectivity index (χ3n) is 4.97. The minimum atomic E-state index is 0.0179. The number of carbonyl (C=O) groups excluding carboxylic acids is 1. The fourth-order valence-electron chi connectivity index (χ4n) is 3.47. The summed E-state index contributed by atoms with van der Waals surface area (Å²) in [5.74, 6) is 1.92. The third-order valence-corrected chi connectivity index (χ3v) is 4.97. The van der Waals surface area contributed by atoms with Gasteiger partial charge in [0.15, 0.2) is 0 Å². The minimum absolute atomic E-state index is 0.0179. The van der Waals surface area contributed by atoms with Crippen molar-refractivity contribution < 1.29 is 9.53 Å². The summed E-state index contributed by atoms with van der Waals surface area (Å²) in [5, 5.41) is 0. The van der Waals surface area contributed by atoms with Crippen LogP contribution in [0.5, 0.6) is 5.75 Å². The van der Waals surface area contributed by atoms with Gasteiger partial charge in [-0.05, 0) is 24.1 Å². The number of methoxy groups -OCH3 is 1. The first kappa shape index (κ1) is 19.1. The lowest BCUT2D eigenvalue weighted by Crippen LogP contribution is -2.32. The first-order valence-corrected chi connectivity index (χ1v) is 9.38. The van der Waals surface area contributed by atoms with Gasteiger partial charge in [-0.25, -0.2) is 9.97 Å². The van der Waals surface area contributed by atoms with Crippen molar-refractivity contribution in [1.29, 1.82) is 0 Å². The average Bonchev–Trinajstić information content (AvgIpc) is 3.16. The van der Waals surface area contributed by atoms with E-state index in [4.69, 9.17) is 9.72 Å². The second kappa shape index (κ2) is 7.94. The molecule has 1 fully saturated rings. The van der Waals surface area contributed by atoms with Gasteiger partial charge in [-0.2, -0.15) is 0 Å². The second-order valence-electron chi connectivity index (χ2n) is 7.52. The molecule has 1 aromatic heterocycles. The number of likely N-dealkylation sites (tertiary alicyclic amines) is 1. The molecule has 0 bridgehead atoms. The maximum Gasteiger partial charge on any atom is 0.225 e. The molecule has 0 N–H and O–H groups in total. The van der Waals surface area contributed by atoms with E-state index in [1.54, 1.807) is 7.11 Å². The first-order chi connectivity index (χ1) is 12.9. The van der Waals surface area contributed by atoms with E-state index in [1.807, 2.05) is 68.2 Å². The van der Waals surface area contributed by atoms with E-state index >= 15 is 0 Å². The maximum absolute atomic E-state index is 12.4. The van der Waals surface area contributed by atoms with E-state index in [1.165, 1.54) is 0 Å². The standard InChI is InChI=1S/C21H28N4O2/c1-14(2)20(26)25-10-9-16(13-25)19-18(12-22-21(23-19)24(3)4)15-7-6-8-17(11-15)27-5/h6-8,11-12,14,16H,9-10,13H2,1-5H3. The number of amides is 1. The number of nitrogens with zero attached hydrogens (tertiary/aromatic N) is 4. The van der Waals surface area contributed by atoms with E-state index in [0.29, 0.717) is 12.5 Å². The number of benzene rings is 1. The smallest absolute Gasteiger partial charge is 0.225 e. The fraction of sp³-hybridized carbons (Fsp3) is 0.476. The zero-order chi connectivity index (χ0) is 19.6. The van der Waals surface area contributed by atoms with Gasteiger partial charge < -0.3 is 14.5 Å². The summed E-state index contributed by atoms with van der Waals surface area (Å²) in [6, 6.07) is 7.95. The third kappa shape index (κ3) is 4.04. The van der Waals surface area contributed by atoms with E-state index < -0.39 is 0 Å². The van der Waals surface area contributed by atoms with Crippen molar-refractivity contribution in [2.45, 2.75) is 26.2 Å². The molecule has 27 heavy (non-hydrogen) atoms. The Kier molecular flexibility index (Phi) is 5.63. The lowest BCUT2D eigenvalue weighted by Gasteiger charge is -2.21. The van der Waals surface area contributed by atoms with Crippen LogP contribution >= 0.6 is 0 Å². The highest BCUT2D eigenvalue weighted by atomic mass is 16.5. The van der Waals surface area contributed by atoms with Gasteiger partial charge in [0.2, 0.25) is 11.9 Å². The zero-order valence-electron chi connectivity index (χ0n) is 16.8. The van der Waals surface area contributed by atoms with Gasteiger partial charge >= 0.3 is 0 Å². The summed E-state index contributed by atoms with van der Waals surface area (Å²) < 4.78 is 5.38. The fourth-order valence-corrected chi connectivity index (χ4v) is 3.47. The van der Waals surface area contributed by atoms with Crippen molar-refractivity contribution >= 4 is 11.9 Å².